The maximum atomic E-state index is 12.2. The minimum Gasteiger partial charge on any atom is -0.477 e. The van der Waals surface area contributed by atoms with E-state index in [0.717, 1.165) is 5.56 Å². The summed E-state index contributed by atoms with van der Waals surface area (Å²) in [4.78, 5) is 40.7. The summed E-state index contributed by atoms with van der Waals surface area (Å²) in [5.41, 5.74) is 0.744. The van der Waals surface area contributed by atoms with Gasteiger partial charge < -0.3 is 10.4 Å². The average molecular weight is 333 g/mol. The summed E-state index contributed by atoms with van der Waals surface area (Å²) < 4.78 is 0. The smallest absolute Gasteiger partial charge is 0.352 e. The summed E-state index contributed by atoms with van der Waals surface area (Å²) in [5.74, 6) is -1.80. The second kappa shape index (κ2) is 6.04. The molecule has 23 heavy (non-hydrogen) atoms. The second-order valence-corrected chi connectivity index (χ2v) is 6.88. The summed E-state index contributed by atoms with van der Waals surface area (Å²) in [7, 11) is 0. The number of nitrogens with one attached hydrogen (secondary N) is 1. The lowest BCUT2D eigenvalue weighted by molar-refractivity contribution is -0.150. The fourth-order valence-corrected chi connectivity index (χ4v) is 3.97. The van der Waals surface area contributed by atoms with Gasteiger partial charge in [0.1, 0.15) is 17.1 Å². The molecule has 2 aliphatic heterocycles. The number of aliphatic carboxylic acids is 1. The van der Waals surface area contributed by atoms with Crippen LogP contribution in [0.15, 0.2) is 36.3 Å². The predicted octanol–water partition coefficient (Wildman–Crippen LogP) is 0.381. The number of amides is 2. The van der Waals surface area contributed by atoms with Crippen molar-refractivity contribution in [3.8, 4) is 0 Å². The van der Waals surface area contributed by atoms with Crippen molar-refractivity contribution in [3.05, 3.63) is 41.9 Å². The van der Waals surface area contributed by atoms with Gasteiger partial charge in [0.15, 0.2) is 0 Å². The maximum absolute atomic E-state index is 12.2. The number of carboxylic acids is 1. The SMILES string of the molecule is CC1C=C(C(=O)O)N2C(=O)C(NC(=O)Cc3cccnc3)[C@@H]2S1. The molecule has 1 saturated heterocycles. The molecule has 0 radical (unpaired) electrons. The third-order valence-electron chi connectivity index (χ3n) is 3.67. The fourth-order valence-electron chi connectivity index (χ4n) is 2.64. The Bertz CT molecular complexity index is 691. The fraction of sp³-hybridized carbons (Fsp3) is 0.333. The molecule has 8 heteroatoms. The summed E-state index contributed by atoms with van der Waals surface area (Å²) in [6, 6.07) is 2.83. The van der Waals surface area contributed by atoms with E-state index >= 15 is 0 Å². The quantitative estimate of drug-likeness (QED) is 0.773. The number of fused-ring (bicyclic) bond motifs is 1. The molecular weight excluding hydrogens is 318 g/mol. The lowest BCUT2D eigenvalue weighted by Crippen LogP contribution is -2.70. The van der Waals surface area contributed by atoms with E-state index in [9.17, 15) is 19.5 Å². The summed E-state index contributed by atoms with van der Waals surface area (Å²) >= 11 is 1.46. The number of carboxylic acid groups (broad SMARTS) is 1. The second-order valence-electron chi connectivity index (χ2n) is 5.38. The van der Waals surface area contributed by atoms with E-state index in [0.29, 0.717) is 0 Å². The van der Waals surface area contributed by atoms with Crippen molar-refractivity contribution in [2.45, 2.75) is 30.0 Å². The highest BCUT2D eigenvalue weighted by Gasteiger charge is 2.53. The van der Waals surface area contributed by atoms with E-state index in [2.05, 4.69) is 10.3 Å². The molecule has 0 saturated carbocycles. The molecule has 3 rings (SSSR count). The van der Waals surface area contributed by atoms with Crippen molar-refractivity contribution in [1.82, 2.24) is 15.2 Å². The molecule has 3 atom stereocenters. The number of carbonyl (C=O) groups excluding carboxylic acids is 2. The van der Waals surface area contributed by atoms with Gasteiger partial charge in [-0.15, -0.1) is 11.8 Å². The van der Waals surface area contributed by atoms with Crippen LogP contribution in [0.1, 0.15) is 12.5 Å². The summed E-state index contributed by atoms with van der Waals surface area (Å²) in [5, 5.41) is 11.5. The molecule has 1 aromatic rings. The zero-order valence-electron chi connectivity index (χ0n) is 12.3. The van der Waals surface area contributed by atoms with Gasteiger partial charge in [-0.25, -0.2) is 4.79 Å². The van der Waals surface area contributed by atoms with E-state index < -0.39 is 12.0 Å². The van der Waals surface area contributed by atoms with Crippen molar-refractivity contribution in [2.24, 2.45) is 0 Å². The number of nitrogens with zero attached hydrogens (tertiary/aromatic N) is 2. The van der Waals surface area contributed by atoms with E-state index in [-0.39, 0.29) is 34.6 Å². The van der Waals surface area contributed by atoms with Crippen LogP contribution in [0, 0.1) is 0 Å². The minimum atomic E-state index is -1.13. The number of hydrogen-bond acceptors (Lipinski definition) is 5. The molecule has 2 unspecified atom stereocenters. The van der Waals surface area contributed by atoms with Gasteiger partial charge in [0, 0.05) is 17.6 Å². The maximum Gasteiger partial charge on any atom is 0.352 e. The molecule has 1 aromatic heterocycles. The van der Waals surface area contributed by atoms with Crippen LogP contribution in [0.25, 0.3) is 0 Å². The molecule has 0 aromatic carbocycles. The predicted molar refractivity (Wildman–Crippen MR) is 83.3 cm³/mol. The third kappa shape index (κ3) is 2.94. The first-order chi connectivity index (χ1) is 11.0. The van der Waals surface area contributed by atoms with E-state index in [1.54, 1.807) is 30.6 Å². The molecule has 2 amide bonds. The van der Waals surface area contributed by atoms with Crippen LogP contribution in [-0.2, 0) is 20.8 Å². The highest BCUT2D eigenvalue weighted by Crippen LogP contribution is 2.40. The first kappa shape index (κ1) is 15.5. The van der Waals surface area contributed by atoms with Gasteiger partial charge in [0.2, 0.25) is 5.91 Å². The molecule has 0 aliphatic carbocycles. The van der Waals surface area contributed by atoms with Crippen LogP contribution in [0.2, 0.25) is 0 Å². The van der Waals surface area contributed by atoms with E-state index in [1.807, 2.05) is 6.92 Å². The van der Waals surface area contributed by atoms with Gasteiger partial charge in [-0.2, -0.15) is 0 Å². The van der Waals surface area contributed by atoms with Crippen LogP contribution in [0.4, 0.5) is 0 Å². The number of β-lactam (4-membered cyclic amide) rings is 1. The number of carbonyl (C=O) groups is 3. The monoisotopic (exact) mass is 333 g/mol. The van der Waals surface area contributed by atoms with Crippen LogP contribution in [0.5, 0.6) is 0 Å². The number of hydrogen-bond donors (Lipinski definition) is 2. The van der Waals surface area contributed by atoms with E-state index in [4.69, 9.17) is 0 Å². The van der Waals surface area contributed by atoms with Gasteiger partial charge in [-0.05, 0) is 24.6 Å². The first-order valence-corrected chi connectivity index (χ1v) is 8.03. The lowest BCUT2D eigenvalue weighted by Gasteiger charge is -2.49. The van der Waals surface area contributed by atoms with Crippen LogP contribution in [0.3, 0.4) is 0 Å². The zero-order valence-corrected chi connectivity index (χ0v) is 13.1. The Balaban J connectivity index is 1.67. The Morgan fingerprint density at radius 2 is 2.26 bits per heavy atom. The molecular formula is C15H15N3O4S. The van der Waals surface area contributed by atoms with E-state index in [1.165, 1.54) is 16.7 Å². The molecule has 3 heterocycles. The van der Waals surface area contributed by atoms with Crippen LogP contribution < -0.4 is 5.32 Å². The number of thioether (sulfide) groups is 1. The molecule has 0 spiro atoms. The zero-order chi connectivity index (χ0) is 16.6. The van der Waals surface area contributed by atoms with Crippen molar-refractivity contribution >= 4 is 29.5 Å². The summed E-state index contributed by atoms with van der Waals surface area (Å²) in [6.45, 7) is 1.86. The largest absolute Gasteiger partial charge is 0.477 e. The Morgan fingerprint density at radius 3 is 2.91 bits per heavy atom. The highest BCUT2D eigenvalue weighted by atomic mass is 32.2. The molecule has 120 valence electrons. The standard InChI is InChI=1S/C15H15N3O4S/c1-8-5-10(15(21)22)18-13(20)12(14(18)23-8)17-11(19)6-9-3-2-4-16-7-9/h2-5,7-8,12,14H,6H2,1H3,(H,17,19)(H,21,22)/t8?,12?,14-/m0/s1. The van der Waals surface area contributed by atoms with Crippen molar-refractivity contribution in [3.63, 3.8) is 0 Å². The Morgan fingerprint density at radius 1 is 1.48 bits per heavy atom. The minimum absolute atomic E-state index is 0.0102. The molecule has 2 N–H and O–H groups in total. The Hall–Kier alpha value is -2.35. The van der Waals surface area contributed by atoms with Crippen molar-refractivity contribution in [2.75, 3.05) is 0 Å². The van der Waals surface area contributed by atoms with Gasteiger partial charge in [-0.3, -0.25) is 19.5 Å². The Labute approximate surface area is 136 Å². The number of pyridine rings is 1. The number of rotatable bonds is 4. The normalized spacial score (nSPS) is 26.0. The Kier molecular flexibility index (Phi) is 4.08. The molecule has 2 aliphatic rings. The average Bonchev–Trinajstić information content (AvgIpc) is 2.52. The lowest BCUT2D eigenvalue weighted by atomic mass is 10.0. The molecule has 1 fully saturated rings. The van der Waals surface area contributed by atoms with Gasteiger partial charge in [0.25, 0.3) is 5.91 Å². The highest BCUT2D eigenvalue weighted by molar-refractivity contribution is 8.00. The van der Waals surface area contributed by atoms with Gasteiger partial charge >= 0.3 is 5.97 Å². The first-order valence-electron chi connectivity index (χ1n) is 7.09. The summed E-state index contributed by atoms with van der Waals surface area (Å²) in [6.07, 6.45) is 4.90. The number of aromatic nitrogens is 1. The van der Waals surface area contributed by atoms with Gasteiger partial charge in [-0.1, -0.05) is 6.07 Å². The van der Waals surface area contributed by atoms with Crippen LogP contribution >= 0.6 is 11.8 Å². The topological polar surface area (TPSA) is 99.6 Å². The molecule has 7 nitrogen and oxygen atoms in total. The van der Waals surface area contributed by atoms with Crippen molar-refractivity contribution < 1.29 is 19.5 Å². The van der Waals surface area contributed by atoms with Crippen molar-refractivity contribution in [1.29, 1.82) is 0 Å². The van der Waals surface area contributed by atoms with Gasteiger partial charge in [0.05, 0.1) is 6.42 Å². The third-order valence-corrected chi connectivity index (χ3v) is 5.00. The molecule has 0 bridgehead atoms. The van der Waals surface area contributed by atoms with Crippen LogP contribution in [-0.4, -0.2) is 49.4 Å².